The highest BCUT2D eigenvalue weighted by atomic mass is 32.1. The van der Waals surface area contributed by atoms with Crippen molar-refractivity contribution in [2.45, 2.75) is 13.1 Å². The zero-order chi connectivity index (χ0) is 17.8. The zero-order valence-corrected chi connectivity index (χ0v) is 15.4. The van der Waals surface area contributed by atoms with E-state index in [4.69, 9.17) is 9.68 Å². The summed E-state index contributed by atoms with van der Waals surface area (Å²) >= 11 is 1.65. The number of quaternary nitrogens is 2. The van der Waals surface area contributed by atoms with Crippen LogP contribution in [0.5, 0.6) is 0 Å². The second-order valence-corrected chi connectivity index (χ2v) is 7.73. The molecule has 0 saturated carbocycles. The lowest BCUT2D eigenvalue weighted by Gasteiger charge is -2.29. The first kappa shape index (κ1) is 17.0. The van der Waals surface area contributed by atoms with Gasteiger partial charge in [-0.1, -0.05) is 18.2 Å². The van der Waals surface area contributed by atoms with Crippen LogP contribution < -0.4 is 9.80 Å². The molecule has 1 aliphatic rings. The molecule has 0 radical (unpaired) electrons. The predicted molar refractivity (Wildman–Crippen MR) is 99.8 cm³/mol. The molecule has 4 rings (SSSR count). The summed E-state index contributed by atoms with van der Waals surface area (Å²) in [5.74, 6) is 0.736. The number of benzene rings is 1. The molecule has 0 atom stereocenters. The van der Waals surface area contributed by atoms with Gasteiger partial charge in [0.15, 0.2) is 0 Å². The third-order valence-corrected chi connectivity index (χ3v) is 5.77. The van der Waals surface area contributed by atoms with E-state index < -0.39 is 0 Å². The van der Waals surface area contributed by atoms with E-state index in [1.165, 1.54) is 5.56 Å². The normalized spacial score (nSPS) is 20.0. The van der Waals surface area contributed by atoms with E-state index in [2.05, 4.69) is 23.2 Å². The lowest BCUT2D eigenvalue weighted by atomic mass is 10.1. The minimum Gasteiger partial charge on any atom is -0.443 e. The van der Waals surface area contributed by atoms with Gasteiger partial charge in [-0.05, 0) is 23.6 Å². The Morgan fingerprint density at radius 2 is 1.77 bits per heavy atom. The van der Waals surface area contributed by atoms with E-state index in [9.17, 15) is 0 Å². The van der Waals surface area contributed by atoms with Crippen LogP contribution in [0.2, 0.25) is 0 Å². The highest BCUT2D eigenvalue weighted by Gasteiger charge is 2.24. The largest absolute Gasteiger partial charge is 0.443 e. The van der Waals surface area contributed by atoms with Gasteiger partial charge in [-0.25, -0.2) is 4.98 Å². The summed E-state index contributed by atoms with van der Waals surface area (Å²) in [6.07, 6.45) is 1.80. The first-order valence-electron chi connectivity index (χ1n) is 8.94. The predicted octanol–water partition coefficient (Wildman–Crippen LogP) is 0.758. The molecule has 1 saturated heterocycles. The van der Waals surface area contributed by atoms with Crippen molar-refractivity contribution >= 4 is 11.3 Å². The van der Waals surface area contributed by atoms with Crippen LogP contribution in [-0.4, -0.2) is 31.2 Å². The van der Waals surface area contributed by atoms with E-state index >= 15 is 0 Å². The van der Waals surface area contributed by atoms with Gasteiger partial charge in [0.2, 0.25) is 5.89 Å². The van der Waals surface area contributed by atoms with Crippen LogP contribution in [0.3, 0.4) is 0 Å². The van der Waals surface area contributed by atoms with Gasteiger partial charge < -0.3 is 14.2 Å². The average molecular weight is 366 g/mol. The lowest BCUT2D eigenvalue weighted by molar-refractivity contribution is -1.02. The Bertz CT molecular complexity index is 871. The molecule has 0 bridgehead atoms. The minimum absolute atomic E-state index is 0.729. The third kappa shape index (κ3) is 4.02. The summed E-state index contributed by atoms with van der Waals surface area (Å²) in [6, 6.07) is 14.2. The zero-order valence-electron chi connectivity index (χ0n) is 14.6. The van der Waals surface area contributed by atoms with Crippen molar-refractivity contribution in [3.63, 3.8) is 0 Å². The molecule has 0 amide bonds. The molecule has 1 aliphatic heterocycles. The molecule has 132 valence electrons. The fraction of sp³-hybridized carbons (Fsp3) is 0.300. The number of piperazine rings is 1. The molecular formula is C20H22N4OS+2. The van der Waals surface area contributed by atoms with Crippen LogP contribution in [0, 0.1) is 11.3 Å². The van der Waals surface area contributed by atoms with Crippen molar-refractivity contribution in [2.24, 2.45) is 0 Å². The molecular weight excluding hydrogens is 344 g/mol. The molecule has 2 aromatic heterocycles. The number of aromatic nitrogens is 1. The van der Waals surface area contributed by atoms with Crippen molar-refractivity contribution in [2.75, 3.05) is 26.2 Å². The molecule has 3 heterocycles. The first-order chi connectivity index (χ1) is 12.8. The van der Waals surface area contributed by atoms with Gasteiger partial charge in [-0.15, -0.1) is 11.3 Å². The van der Waals surface area contributed by atoms with Crippen LogP contribution in [0.1, 0.15) is 16.8 Å². The van der Waals surface area contributed by atoms with Crippen LogP contribution in [-0.2, 0) is 13.1 Å². The maximum atomic E-state index is 8.89. The minimum atomic E-state index is 0.729. The summed E-state index contributed by atoms with van der Waals surface area (Å²) in [4.78, 5) is 8.90. The van der Waals surface area contributed by atoms with Gasteiger partial charge in [0.1, 0.15) is 51.2 Å². The van der Waals surface area contributed by atoms with Crippen molar-refractivity contribution in [1.29, 1.82) is 5.26 Å². The van der Waals surface area contributed by atoms with E-state index in [0.717, 1.165) is 61.3 Å². The summed E-state index contributed by atoms with van der Waals surface area (Å²) in [5, 5.41) is 10.9. The standard InChI is InChI=1S/C20H20N4OS/c21-12-16-3-5-17(6-4-16)13-23-7-9-24(10-8-23)14-18-15-25-20(22-18)19-2-1-11-26-19/h1-6,11,15H,7-10,13-14H2/p+2. The molecule has 3 aromatic rings. The lowest BCUT2D eigenvalue weighted by Crippen LogP contribution is -3.27. The molecule has 2 N–H and O–H groups in total. The second-order valence-electron chi connectivity index (χ2n) is 6.78. The molecule has 1 fully saturated rings. The average Bonchev–Trinajstić information content (AvgIpc) is 3.36. The Morgan fingerprint density at radius 1 is 1.04 bits per heavy atom. The Labute approximate surface area is 157 Å². The van der Waals surface area contributed by atoms with E-state index in [0.29, 0.717) is 0 Å². The molecule has 26 heavy (non-hydrogen) atoms. The van der Waals surface area contributed by atoms with Gasteiger partial charge in [0.25, 0.3) is 0 Å². The number of hydrogen-bond donors (Lipinski definition) is 2. The maximum absolute atomic E-state index is 8.89. The van der Waals surface area contributed by atoms with Gasteiger partial charge in [0, 0.05) is 5.56 Å². The Hall–Kier alpha value is -2.46. The smallest absolute Gasteiger partial charge is 0.236 e. The highest BCUT2D eigenvalue weighted by molar-refractivity contribution is 7.13. The van der Waals surface area contributed by atoms with Crippen LogP contribution >= 0.6 is 11.3 Å². The fourth-order valence-electron chi connectivity index (χ4n) is 3.45. The summed E-state index contributed by atoms with van der Waals surface area (Å²) in [7, 11) is 0. The number of nitrogens with zero attached hydrogens (tertiary/aromatic N) is 2. The molecule has 0 aliphatic carbocycles. The van der Waals surface area contributed by atoms with Gasteiger partial charge in [0.05, 0.1) is 16.5 Å². The van der Waals surface area contributed by atoms with Crippen molar-refractivity contribution in [3.8, 4) is 16.8 Å². The number of hydrogen-bond acceptors (Lipinski definition) is 4. The Kier molecular flexibility index (Phi) is 5.12. The molecule has 0 spiro atoms. The number of thiophene rings is 1. The number of nitriles is 1. The Balaban J connectivity index is 1.27. The van der Waals surface area contributed by atoms with Crippen molar-refractivity contribution in [3.05, 3.63) is 64.9 Å². The molecule has 1 aromatic carbocycles. The third-order valence-electron chi connectivity index (χ3n) is 4.92. The van der Waals surface area contributed by atoms with Crippen LogP contribution in [0.15, 0.2) is 52.5 Å². The second kappa shape index (κ2) is 7.83. The van der Waals surface area contributed by atoms with Gasteiger partial charge in [-0.3, -0.25) is 0 Å². The topological polar surface area (TPSA) is 58.7 Å². The van der Waals surface area contributed by atoms with Crippen molar-refractivity contribution < 1.29 is 14.2 Å². The number of nitrogens with one attached hydrogen (secondary N) is 2. The summed E-state index contributed by atoms with van der Waals surface area (Å²) in [6.45, 7) is 6.57. The quantitative estimate of drug-likeness (QED) is 0.701. The number of oxazole rings is 1. The van der Waals surface area contributed by atoms with Crippen molar-refractivity contribution in [1.82, 2.24) is 4.98 Å². The molecule has 6 heteroatoms. The maximum Gasteiger partial charge on any atom is 0.236 e. The summed E-state index contributed by atoms with van der Waals surface area (Å²) < 4.78 is 5.63. The Morgan fingerprint density at radius 3 is 2.42 bits per heavy atom. The van der Waals surface area contributed by atoms with Crippen LogP contribution in [0.25, 0.3) is 10.8 Å². The summed E-state index contributed by atoms with van der Waals surface area (Å²) in [5.41, 5.74) is 3.08. The van der Waals surface area contributed by atoms with E-state index in [1.807, 2.05) is 29.6 Å². The SMILES string of the molecule is N#Cc1ccc(C[NH+]2CC[NH+](Cc3coc(-c4cccs4)n3)CC2)cc1. The van der Waals surface area contributed by atoms with Gasteiger partial charge >= 0.3 is 0 Å². The van der Waals surface area contributed by atoms with E-state index in [1.54, 1.807) is 27.4 Å². The molecule has 0 unspecified atom stereocenters. The number of rotatable bonds is 5. The first-order valence-corrected chi connectivity index (χ1v) is 9.82. The van der Waals surface area contributed by atoms with Crippen LogP contribution in [0.4, 0.5) is 0 Å². The fourth-order valence-corrected chi connectivity index (χ4v) is 4.11. The molecule has 5 nitrogen and oxygen atoms in total. The highest BCUT2D eigenvalue weighted by Crippen LogP contribution is 2.23. The van der Waals surface area contributed by atoms with Gasteiger partial charge in [-0.2, -0.15) is 5.26 Å². The van der Waals surface area contributed by atoms with E-state index in [-0.39, 0.29) is 0 Å². The monoisotopic (exact) mass is 366 g/mol.